The Kier molecular flexibility index (Phi) is 4.08. The summed E-state index contributed by atoms with van der Waals surface area (Å²) >= 11 is 8.29. The van der Waals surface area contributed by atoms with Crippen LogP contribution in [0.15, 0.2) is 42.5 Å². The molecule has 0 saturated heterocycles. The van der Waals surface area contributed by atoms with Crippen LogP contribution in [-0.4, -0.2) is 26.0 Å². The Bertz CT molecular complexity index is 704. The lowest BCUT2D eigenvalue weighted by Crippen LogP contribution is -2.42. The number of nitrogens with zero attached hydrogens (tertiary/aromatic N) is 2. The summed E-state index contributed by atoms with van der Waals surface area (Å²) in [5.74, 6) is -0.00569. The molecule has 3 rings (SSSR count). The zero-order valence-corrected chi connectivity index (χ0v) is 14.4. The highest BCUT2D eigenvalue weighted by Gasteiger charge is 2.25. The maximum Gasteiger partial charge on any atom is 0.258 e. The first-order valence-corrected chi connectivity index (χ1v) is 8.10. The van der Waals surface area contributed by atoms with Gasteiger partial charge in [0, 0.05) is 29.3 Å². The van der Waals surface area contributed by atoms with Gasteiger partial charge in [0.25, 0.3) is 5.91 Å². The van der Waals surface area contributed by atoms with Crippen LogP contribution < -0.4 is 9.80 Å². The normalized spacial score (nSPS) is 14.0. The summed E-state index contributed by atoms with van der Waals surface area (Å²) in [4.78, 5) is 16.8. The van der Waals surface area contributed by atoms with Gasteiger partial charge in [-0.15, -0.1) is 0 Å². The third-order valence-corrected chi connectivity index (χ3v) is 5.23. The number of para-hydroxylation sites is 2. The molecule has 0 aromatic heterocycles. The fraction of sp³-hybridized carbons (Fsp3) is 0.188. The Hall–Kier alpha value is -1.27. The highest BCUT2D eigenvalue weighted by Crippen LogP contribution is 2.33. The minimum atomic E-state index is -0.00569. The predicted molar refractivity (Wildman–Crippen MR) is 95.6 cm³/mol. The van der Waals surface area contributed by atoms with Crippen molar-refractivity contribution in [3.05, 3.63) is 56.6 Å². The van der Waals surface area contributed by atoms with Gasteiger partial charge in [0.2, 0.25) is 0 Å². The zero-order valence-electron chi connectivity index (χ0n) is 11.5. The molecule has 0 unspecified atom stereocenters. The molecule has 0 radical (unpaired) electrons. The van der Waals surface area contributed by atoms with Crippen LogP contribution in [0.3, 0.4) is 0 Å². The fourth-order valence-electron chi connectivity index (χ4n) is 2.50. The van der Waals surface area contributed by atoms with E-state index in [9.17, 15) is 4.79 Å². The lowest BCUT2D eigenvalue weighted by molar-refractivity contribution is 0.0986. The van der Waals surface area contributed by atoms with Crippen molar-refractivity contribution in [2.24, 2.45) is 0 Å². The second-order valence-electron chi connectivity index (χ2n) is 5.00. The Labute approximate surface area is 142 Å². The van der Waals surface area contributed by atoms with Gasteiger partial charge in [0.1, 0.15) is 0 Å². The minimum absolute atomic E-state index is 0.00569. The minimum Gasteiger partial charge on any atom is -0.371 e. The number of benzene rings is 2. The van der Waals surface area contributed by atoms with E-state index in [2.05, 4.69) is 27.5 Å². The molecule has 21 heavy (non-hydrogen) atoms. The van der Waals surface area contributed by atoms with E-state index in [1.54, 1.807) is 6.07 Å². The van der Waals surface area contributed by atoms with Crippen molar-refractivity contribution in [2.45, 2.75) is 0 Å². The van der Waals surface area contributed by atoms with Crippen molar-refractivity contribution in [1.82, 2.24) is 0 Å². The van der Waals surface area contributed by atoms with Crippen LogP contribution in [-0.2, 0) is 0 Å². The van der Waals surface area contributed by atoms with Crippen molar-refractivity contribution >= 4 is 51.5 Å². The topological polar surface area (TPSA) is 23.6 Å². The van der Waals surface area contributed by atoms with Gasteiger partial charge in [-0.2, -0.15) is 0 Å². The average molecular weight is 413 g/mol. The van der Waals surface area contributed by atoms with Crippen LogP contribution >= 0.6 is 34.2 Å². The SMILES string of the molecule is CN1CCN(C(=O)c2ccc(I)c(Cl)c2)c2ccccc21. The van der Waals surface area contributed by atoms with E-state index in [-0.39, 0.29) is 5.91 Å². The van der Waals surface area contributed by atoms with Gasteiger partial charge in [-0.3, -0.25) is 4.79 Å². The summed E-state index contributed by atoms with van der Waals surface area (Å²) in [5, 5.41) is 0.615. The van der Waals surface area contributed by atoms with Crippen molar-refractivity contribution in [3.63, 3.8) is 0 Å². The maximum atomic E-state index is 12.8. The summed E-state index contributed by atoms with van der Waals surface area (Å²) in [5.41, 5.74) is 2.65. The zero-order chi connectivity index (χ0) is 15.0. The van der Waals surface area contributed by atoms with Crippen LogP contribution in [0, 0.1) is 3.57 Å². The predicted octanol–water partition coefficient (Wildman–Crippen LogP) is 4.04. The van der Waals surface area contributed by atoms with Gasteiger partial charge in [0.15, 0.2) is 0 Å². The van der Waals surface area contributed by atoms with Gasteiger partial charge in [-0.1, -0.05) is 23.7 Å². The molecule has 0 atom stereocenters. The number of fused-ring (bicyclic) bond motifs is 1. The molecule has 3 nitrogen and oxygen atoms in total. The summed E-state index contributed by atoms with van der Waals surface area (Å²) in [6, 6.07) is 13.4. The van der Waals surface area contributed by atoms with Crippen molar-refractivity contribution in [1.29, 1.82) is 0 Å². The monoisotopic (exact) mass is 412 g/mol. The molecule has 1 heterocycles. The van der Waals surface area contributed by atoms with Crippen LogP contribution in [0.4, 0.5) is 11.4 Å². The standard InChI is InChI=1S/C16H14ClIN2O/c1-19-8-9-20(15-5-3-2-4-14(15)19)16(21)11-6-7-13(18)12(17)10-11/h2-7,10H,8-9H2,1H3. The molecular formula is C16H14ClIN2O. The van der Waals surface area contributed by atoms with Crippen LogP contribution in [0.25, 0.3) is 0 Å². The number of anilines is 2. The molecule has 0 bridgehead atoms. The molecule has 108 valence electrons. The molecule has 2 aromatic carbocycles. The van der Waals surface area contributed by atoms with Crippen LogP contribution in [0.5, 0.6) is 0 Å². The van der Waals surface area contributed by atoms with E-state index < -0.39 is 0 Å². The Morgan fingerprint density at radius 2 is 1.86 bits per heavy atom. The quantitative estimate of drug-likeness (QED) is 0.660. The number of amides is 1. The first-order valence-electron chi connectivity index (χ1n) is 6.65. The summed E-state index contributed by atoms with van der Waals surface area (Å²) in [6.45, 7) is 1.50. The first kappa shape index (κ1) is 14.7. The molecule has 5 heteroatoms. The maximum absolute atomic E-state index is 12.8. The van der Waals surface area contributed by atoms with Crippen molar-refractivity contribution in [2.75, 3.05) is 29.9 Å². The molecule has 2 aromatic rings. The molecule has 0 spiro atoms. The average Bonchev–Trinajstić information content (AvgIpc) is 2.50. The van der Waals surface area contributed by atoms with Crippen LogP contribution in [0.1, 0.15) is 10.4 Å². The molecule has 0 aliphatic carbocycles. The summed E-state index contributed by atoms with van der Waals surface area (Å²) in [6.07, 6.45) is 0. The smallest absolute Gasteiger partial charge is 0.258 e. The highest BCUT2D eigenvalue weighted by atomic mass is 127. The van der Waals surface area contributed by atoms with Gasteiger partial charge in [0.05, 0.1) is 16.4 Å². The molecule has 1 aliphatic rings. The Morgan fingerprint density at radius 3 is 2.57 bits per heavy atom. The van der Waals surface area contributed by atoms with Gasteiger partial charge >= 0.3 is 0 Å². The van der Waals surface area contributed by atoms with E-state index in [4.69, 9.17) is 11.6 Å². The first-order chi connectivity index (χ1) is 10.1. The van der Waals surface area contributed by atoms with Crippen molar-refractivity contribution in [3.8, 4) is 0 Å². The molecule has 0 saturated carbocycles. The number of hydrogen-bond acceptors (Lipinski definition) is 2. The molecule has 0 fully saturated rings. The molecule has 0 N–H and O–H groups in total. The Morgan fingerprint density at radius 1 is 1.14 bits per heavy atom. The largest absolute Gasteiger partial charge is 0.371 e. The highest BCUT2D eigenvalue weighted by molar-refractivity contribution is 14.1. The van der Waals surface area contributed by atoms with E-state index in [1.807, 2.05) is 48.3 Å². The fourth-order valence-corrected chi connectivity index (χ4v) is 3.02. The third kappa shape index (κ3) is 2.74. The summed E-state index contributed by atoms with van der Waals surface area (Å²) in [7, 11) is 2.04. The number of halogens is 2. The van der Waals surface area contributed by atoms with Gasteiger partial charge in [-0.05, 0) is 52.9 Å². The Balaban J connectivity index is 1.99. The summed E-state index contributed by atoms with van der Waals surface area (Å²) < 4.78 is 0.949. The van der Waals surface area contributed by atoms with E-state index in [1.165, 1.54) is 0 Å². The van der Waals surface area contributed by atoms with Gasteiger partial charge in [-0.25, -0.2) is 0 Å². The number of carbonyl (C=O) groups is 1. The lowest BCUT2D eigenvalue weighted by atomic mass is 10.1. The lowest BCUT2D eigenvalue weighted by Gasteiger charge is -2.35. The number of hydrogen-bond donors (Lipinski definition) is 0. The second kappa shape index (κ2) is 5.85. The van der Waals surface area contributed by atoms with E-state index >= 15 is 0 Å². The van der Waals surface area contributed by atoms with Gasteiger partial charge < -0.3 is 9.80 Å². The number of carbonyl (C=O) groups excluding carboxylic acids is 1. The molecular weight excluding hydrogens is 399 g/mol. The third-order valence-electron chi connectivity index (χ3n) is 3.65. The van der Waals surface area contributed by atoms with Crippen LogP contribution in [0.2, 0.25) is 5.02 Å². The number of likely N-dealkylation sites (N-methyl/N-ethyl adjacent to an activating group) is 1. The van der Waals surface area contributed by atoms with E-state index in [0.29, 0.717) is 17.1 Å². The van der Waals surface area contributed by atoms with E-state index in [0.717, 1.165) is 21.5 Å². The second-order valence-corrected chi connectivity index (χ2v) is 6.57. The molecule has 1 aliphatic heterocycles. The van der Waals surface area contributed by atoms with Crippen molar-refractivity contribution < 1.29 is 4.79 Å². The molecule has 1 amide bonds. The number of rotatable bonds is 1.